The summed E-state index contributed by atoms with van der Waals surface area (Å²) < 4.78 is 0. The molecule has 3 N–H and O–H groups in total. The molecule has 3 heteroatoms. The number of hydrogen-bond acceptors (Lipinski definition) is 2. The van der Waals surface area contributed by atoms with E-state index < -0.39 is 0 Å². The Morgan fingerprint density at radius 2 is 1.21 bits per heavy atom. The first-order valence-corrected chi connectivity index (χ1v) is 12.2. The zero-order valence-corrected chi connectivity index (χ0v) is 19.0. The highest BCUT2D eigenvalue weighted by Gasteiger charge is 2.21. The number of allylic oxidation sites excluding steroid dienone is 2. The molecular weight excluding hydrogens is 346 g/mol. The first kappa shape index (κ1) is 27.2. The van der Waals surface area contributed by atoms with Crippen LogP contribution in [-0.4, -0.2) is 17.6 Å². The number of unbranched alkanes of at least 4 members (excludes halogenated alkanes) is 14. The predicted molar refractivity (Wildman–Crippen MR) is 122 cm³/mol. The summed E-state index contributed by atoms with van der Waals surface area (Å²) >= 11 is 0. The van der Waals surface area contributed by atoms with Gasteiger partial charge in [0.2, 0.25) is 5.91 Å². The molecular formula is C25H49NO2. The lowest BCUT2D eigenvalue weighted by molar-refractivity contribution is -0.124. The van der Waals surface area contributed by atoms with Gasteiger partial charge < -0.3 is 10.8 Å². The summed E-state index contributed by atoms with van der Waals surface area (Å²) in [6.45, 7) is 4.22. The Labute approximate surface area is 175 Å². The van der Waals surface area contributed by atoms with Crippen molar-refractivity contribution in [1.82, 2.24) is 0 Å². The van der Waals surface area contributed by atoms with E-state index in [1.807, 2.05) is 6.92 Å². The summed E-state index contributed by atoms with van der Waals surface area (Å²) in [5.41, 5.74) is 5.43. The second-order valence-electron chi connectivity index (χ2n) is 8.60. The third-order valence-electron chi connectivity index (χ3n) is 5.87. The summed E-state index contributed by atoms with van der Waals surface area (Å²) in [4.78, 5) is 11.4. The van der Waals surface area contributed by atoms with Crippen LogP contribution in [0.1, 0.15) is 123 Å². The van der Waals surface area contributed by atoms with Gasteiger partial charge in [0.25, 0.3) is 0 Å². The van der Waals surface area contributed by atoms with Gasteiger partial charge in [0, 0.05) is 12.5 Å². The van der Waals surface area contributed by atoms with Crippen LogP contribution in [0.3, 0.4) is 0 Å². The lowest BCUT2D eigenvalue weighted by atomic mass is 9.88. The van der Waals surface area contributed by atoms with Crippen LogP contribution in [0, 0.1) is 11.8 Å². The molecule has 0 aromatic heterocycles. The fraction of sp³-hybridized carbons (Fsp3) is 0.880. The Hall–Kier alpha value is -0.830. The highest BCUT2D eigenvalue weighted by Crippen LogP contribution is 2.19. The standard InChI is InChI=1S/C25H49NO2/c1-3-4-5-6-7-8-9-10-11-12-13-14-15-16-17-18-19-20-21-24(25(26)28)23(2)22-27/h10-11,23-24,27H,3-9,12-22H2,1-2H3,(H2,26,28). The molecule has 0 heterocycles. The molecule has 0 aliphatic heterocycles. The van der Waals surface area contributed by atoms with Crippen LogP contribution in [0.2, 0.25) is 0 Å². The van der Waals surface area contributed by atoms with Gasteiger partial charge in [-0.3, -0.25) is 4.79 Å². The van der Waals surface area contributed by atoms with E-state index in [1.54, 1.807) is 0 Å². The van der Waals surface area contributed by atoms with Crippen LogP contribution in [0.25, 0.3) is 0 Å². The summed E-state index contributed by atoms with van der Waals surface area (Å²) in [5, 5.41) is 9.19. The average Bonchev–Trinajstić information content (AvgIpc) is 2.69. The lowest BCUT2D eigenvalue weighted by Crippen LogP contribution is -2.30. The third kappa shape index (κ3) is 17.3. The molecule has 0 radical (unpaired) electrons. The van der Waals surface area contributed by atoms with Crippen molar-refractivity contribution in [3.63, 3.8) is 0 Å². The van der Waals surface area contributed by atoms with Crippen LogP contribution in [0.15, 0.2) is 12.2 Å². The summed E-state index contributed by atoms with van der Waals surface area (Å²) in [7, 11) is 0. The van der Waals surface area contributed by atoms with Crippen molar-refractivity contribution < 1.29 is 9.90 Å². The number of carbonyl (C=O) groups excluding carboxylic acids is 1. The smallest absolute Gasteiger partial charge is 0.220 e. The largest absolute Gasteiger partial charge is 0.396 e. The van der Waals surface area contributed by atoms with Gasteiger partial charge in [-0.05, 0) is 38.0 Å². The Kier molecular flexibility index (Phi) is 20.3. The molecule has 0 aliphatic carbocycles. The SMILES string of the molecule is CCCCCCCCC=CCCCCCCCCCCC(C(N)=O)C(C)CO. The van der Waals surface area contributed by atoms with Gasteiger partial charge in [0.1, 0.15) is 0 Å². The zero-order chi connectivity index (χ0) is 20.9. The Balaban J connectivity index is 3.33. The van der Waals surface area contributed by atoms with E-state index in [0.717, 1.165) is 12.8 Å². The molecule has 28 heavy (non-hydrogen) atoms. The van der Waals surface area contributed by atoms with E-state index in [0.29, 0.717) is 0 Å². The van der Waals surface area contributed by atoms with Crippen molar-refractivity contribution in [2.45, 2.75) is 123 Å². The molecule has 0 bridgehead atoms. The van der Waals surface area contributed by atoms with Gasteiger partial charge in [-0.1, -0.05) is 103 Å². The number of amides is 1. The fourth-order valence-electron chi connectivity index (χ4n) is 3.80. The molecule has 166 valence electrons. The Morgan fingerprint density at radius 3 is 1.64 bits per heavy atom. The molecule has 2 unspecified atom stereocenters. The second kappa shape index (κ2) is 20.9. The molecule has 0 aromatic carbocycles. The first-order chi connectivity index (χ1) is 13.6. The number of rotatable bonds is 21. The fourth-order valence-corrected chi connectivity index (χ4v) is 3.80. The molecule has 0 fully saturated rings. The maximum absolute atomic E-state index is 11.4. The molecule has 0 saturated heterocycles. The molecule has 0 saturated carbocycles. The van der Waals surface area contributed by atoms with E-state index in [1.165, 1.54) is 96.3 Å². The van der Waals surface area contributed by atoms with Gasteiger partial charge in [0.15, 0.2) is 0 Å². The molecule has 0 spiro atoms. The first-order valence-electron chi connectivity index (χ1n) is 12.2. The van der Waals surface area contributed by atoms with Crippen molar-refractivity contribution in [2.75, 3.05) is 6.61 Å². The maximum Gasteiger partial charge on any atom is 0.220 e. The highest BCUT2D eigenvalue weighted by molar-refractivity contribution is 5.76. The quantitative estimate of drug-likeness (QED) is 0.163. The van der Waals surface area contributed by atoms with Gasteiger partial charge in [0.05, 0.1) is 0 Å². The number of nitrogens with two attached hydrogens (primary N) is 1. The third-order valence-corrected chi connectivity index (χ3v) is 5.87. The summed E-state index contributed by atoms with van der Waals surface area (Å²) in [5.74, 6) is -0.445. The van der Waals surface area contributed by atoms with E-state index in [-0.39, 0.29) is 24.3 Å². The molecule has 1 amide bonds. The summed E-state index contributed by atoms with van der Waals surface area (Å²) in [6, 6.07) is 0. The predicted octanol–water partition coefficient (Wildman–Crippen LogP) is 6.92. The molecule has 0 aliphatic rings. The lowest BCUT2D eigenvalue weighted by Gasteiger charge is -2.18. The molecule has 0 rings (SSSR count). The van der Waals surface area contributed by atoms with Crippen LogP contribution >= 0.6 is 0 Å². The monoisotopic (exact) mass is 395 g/mol. The Morgan fingerprint density at radius 1 is 0.786 bits per heavy atom. The Bertz CT molecular complexity index is 368. The van der Waals surface area contributed by atoms with Gasteiger partial charge in [-0.2, -0.15) is 0 Å². The number of carbonyl (C=O) groups is 1. The van der Waals surface area contributed by atoms with E-state index in [2.05, 4.69) is 19.1 Å². The minimum atomic E-state index is -0.262. The van der Waals surface area contributed by atoms with Gasteiger partial charge >= 0.3 is 0 Å². The van der Waals surface area contributed by atoms with Crippen molar-refractivity contribution in [3.05, 3.63) is 12.2 Å². The zero-order valence-electron chi connectivity index (χ0n) is 19.0. The van der Waals surface area contributed by atoms with E-state index in [4.69, 9.17) is 5.73 Å². The van der Waals surface area contributed by atoms with Crippen molar-refractivity contribution in [3.8, 4) is 0 Å². The van der Waals surface area contributed by atoms with E-state index in [9.17, 15) is 9.90 Å². The van der Waals surface area contributed by atoms with Crippen molar-refractivity contribution >= 4 is 5.91 Å². The topological polar surface area (TPSA) is 63.3 Å². The molecule has 3 nitrogen and oxygen atoms in total. The number of hydrogen-bond donors (Lipinski definition) is 2. The van der Waals surface area contributed by atoms with Crippen LogP contribution in [0.5, 0.6) is 0 Å². The normalized spacial score (nSPS) is 13.8. The van der Waals surface area contributed by atoms with Crippen molar-refractivity contribution in [1.29, 1.82) is 0 Å². The van der Waals surface area contributed by atoms with Crippen LogP contribution < -0.4 is 5.73 Å². The van der Waals surface area contributed by atoms with Crippen molar-refractivity contribution in [2.24, 2.45) is 17.6 Å². The highest BCUT2D eigenvalue weighted by atomic mass is 16.3. The molecule has 0 aromatic rings. The maximum atomic E-state index is 11.4. The van der Waals surface area contributed by atoms with E-state index >= 15 is 0 Å². The van der Waals surface area contributed by atoms with Gasteiger partial charge in [-0.25, -0.2) is 0 Å². The van der Waals surface area contributed by atoms with Crippen LogP contribution in [0.4, 0.5) is 0 Å². The summed E-state index contributed by atoms with van der Waals surface area (Å²) in [6.07, 6.45) is 26.5. The van der Waals surface area contributed by atoms with Crippen LogP contribution in [-0.2, 0) is 4.79 Å². The second-order valence-corrected chi connectivity index (χ2v) is 8.60. The number of aliphatic hydroxyl groups is 1. The van der Waals surface area contributed by atoms with Gasteiger partial charge in [-0.15, -0.1) is 0 Å². The minimum absolute atomic E-state index is 0.0163. The number of primary amides is 1. The minimum Gasteiger partial charge on any atom is -0.396 e. The molecule has 2 atom stereocenters. The average molecular weight is 396 g/mol. The number of aliphatic hydroxyl groups excluding tert-OH is 1.